The molecule has 1 aromatic heterocycles. The lowest BCUT2D eigenvalue weighted by molar-refractivity contribution is 0.0908. The molecule has 2 N–H and O–H groups in total. The van der Waals surface area contributed by atoms with E-state index in [2.05, 4.69) is 15.0 Å². The number of hydrogen-bond donors (Lipinski definition) is 1. The van der Waals surface area contributed by atoms with E-state index in [0.717, 1.165) is 6.42 Å². The van der Waals surface area contributed by atoms with Gasteiger partial charge >= 0.3 is 12.0 Å². The van der Waals surface area contributed by atoms with E-state index in [4.69, 9.17) is 15.2 Å². The van der Waals surface area contributed by atoms with Crippen LogP contribution >= 0.6 is 0 Å². The zero-order valence-corrected chi connectivity index (χ0v) is 10.1. The highest BCUT2D eigenvalue weighted by Gasteiger charge is 2.19. The zero-order valence-electron chi connectivity index (χ0n) is 10.1. The van der Waals surface area contributed by atoms with Gasteiger partial charge in [0, 0.05) is 0 Å². The van der Waals surface area contributed by atoms with Crippen LogP contribution in [0, 0.1) is 0 Å². The van der Waals surface area contributed by atoms with E-state index in [-0.39, 0.29) is 23.6 Å². The lowest BCUT2D eigenvalue weighted by atomic mass is 10.1. The van der Waals surface area contributed by atoms with E-state index < -0.39 is 0 Å². The van der Waals surface area contributed by atoms with E-state index >= 15 is 0 Å². The van der Waals surface area contributed by atoms with Gasteiger partial charge in [-0.2, -0.15) is 9.97 Å². The smallest absolute Gasteiger partial charge is 0.324 e. The minimum absolute atomic E-state index is 0.0975. The Morgan fingerprint density at radius 2 is 1.75 bits per heavy atom. The number of ether oxygens (including phenoxy) is 2. The van der Waals surface area contributed by atoms with E-state index in [1.54, 1.807) is 0 Å². The second kappa shape index (κ2) is 4.96. The van der Waals surface area contributed by atoms with Crippen LogP contribution in [0.2, 0.25) is 0 Å². The van der Waals surface area contributed by atoms with Gasteiger partial charge in [-0.25, -0.2) is 0 Å². The van der Waals surface area contributed by atoms with Crippen molar-refractivity contribution in [1.82, 2.24) is 15.0 Å². The number of rotatable bonds is 5. The fourth-order valence-electron chi connectivity index (χ4n) is 0.911. The molecule has 0 fully saturated rings. The summed E-state index contributed by atoms with van der Waals surface area (Å²) in [6.45, 7) is 8.24. The Labute approximate surface area is 95.2 Å². The Morgan fingerprint density at radius 1 is 1.12 bits per heavy atom. The summed E-state index contributed by atoms with van der Waals surface area (Å²) in [5.41, 5.74) is 5.19. The van der Waals surface area contributed by atoms with Crippen molar-refractivity contribution in [3.8, 4) is 12.0 Å². The molecule has 0 aliphatic carbocycles. The lowest BCUT2D eigenvalue weighted by Crippen LogP contribution is -2.28. The van der Waals surface area contributed by atoms with Crippen LogP contribution in [0.5, 0.6) is 12.0 Å². The van der Waals surface area contributed by atoms with Crippen molar-refractivity contribution in [2.45, 2.75) is 39.7 Å². The minimum Gasteiger partial charge on any atom is -0.464 e. The summed E-state index contributed by atoms with van der Waals surface area (Å²) in [6, 6.07) is 0.389. The van der Waals surface area contributed by atoms with Crippen LogP contribution in [0.1, 0.15) is 34.1 Å². The maximum absolute atomic E-state index is 5.60. The normalized spacial score (nSPS) is 11.2. The van der Waals surface area contributed by atoms with Gasteiger partial charge in [0.05, 0.1) is 6.61 Å². The van der Waals surface area contributed by atoms with E-state index in [1.807, 2.05) is 27.7 Å². The number of nitrogens with two attached hydrogens (primary N) is 1. The fraction of sp³-hybridized carbons (Fsp3) is 0.700. The molecular formula is C10H18N4O2. The SMILES string of the molecule is CCOc1nc(N)nc(OC(C)(C)CC)n1. The monoisotopic (exact) mass is 226 g/mol. The average molecular weight is 226 g/mol. The van der Waals surface area contributed by atoms with Gasteiger partial charge in [-0.05, 0) is 27.2 Å². The van der Waals surface area contributed by atoms with Crippen LogP contribution in [0.15, 0.2) is 0 Å². The van der Waals surface area contributed by atoms with E-state index in [1.165, 1.54) is 0 Å². The van der Waals surface area contributed by atoms with Crippen molar-refractivity contribution in [3.05, 3.63) is 0 Å². The largest absolute Gasteiger partial charge is 0.464 e. The van der Waals surface area contributed by atoms with Gasteiger partial charge in [-0.1, -0.05) is 6.92 Å². The molecule has 0 aliphatic heterocycles. The highest BCUT2D eigenvalue weighted by molar-refractivity contribution is 5.20. The quantitative estimate of drug-likeness (QED) is 0.817. The molecule has 0 spiro atoms. The van der Waals surface area contributed by atoms with Crippen molar-refractivity contribution < 1.29 is 9.47 Å². The minimum atomic E-state index is -0.336. The molecule has 90 valence electrons. The maximum atomic E-state index is 5.60. The summed E-state index contributed by atoms with van der Waals surface area (Å²) in [7, 11) is 0. The molecule has 6 heteroatoms. The molecule has 0 unspecified atom stereocenters. The van der Waals surface area contributed by atoms with Crippen LogP contribution in [0.4, 0.5) is 5.95 Å². The maximum Gasteiger partial charge on any atom is 0.324 e. The molecule has 1 rings (SSSR count). The number of nitrogen functional groups attached to an aromatic ring is 1. The lowest BCUT2D eigenvalue weighted by Gasteiger charge is -2.23. The summed E-state index contributed by atoms with van der Waals surface area (Å²) < 4.78 is 10.7. The van der Waals surface area contributed by atoms with Crippen LogP contribution in [-0.2, 0) is 0 Å². The van der Waals surface area contributed by atoms with Crippen molar-refractivity contribution in [1.29, 1.82) is 0 Å². The third kappa shape index (κ3) is 3.52. The Kier molecular flexibility index (Phi) is 3.87. The standard InChI is InChI=1S/C10H18N4O2/c1-5-10(3,4)16-9-13-7(11)12-8(14-9)15-6-2/h5-6H2,1-4H3,(H2,11,12,13,14). The first-order valence-electron chi connectivity index (χ1n) is 5.30. The molecular weight excluding hydrogens is 208 g/mol. The van der Waals surface area contributed by atoms with Gasteiger partial charge in [0.15, 0.2) is 0 Å². The molecule has 0 aromatic carbocycles. The Bertz CT molecular complexity index is 355. The third-order valence-corrected chi connectivity index (χ3v) is 2.10. The first kappa shape index (κ1) is 12.5. The Hall–Kier alpha value is -1.59. The first-order chi connectivity index (χ1) is 7.46. The van der Waals surface area contributed by atoms with Gasteiger partial charge in [0.2, 0.25) is 5.95 Å². The molecule has 0 saturated heterocycles. The third-order valence-electron chi connectivity index (χ3n) is 2.10. The summed E-state index contributed by atoms with van der Waals surface area (Å²) in [6.07, 6.45) is 0.836. The second-order valence-electron chi connectivity index (χ2n) is 3.91. The van der Waals surface area contributed by atoms with Gasteiger partial charge in [0.1, 0.15) is 5.60 Å². The molecule has 0 atom stereocenters. The molecule has 0 radical (unpaired) electrons. The van der Waals surface area contributed by atoms with E-state index in [0.29, 0.717) is 6.61 Å². The number of anilines is 1. The molecule has 1 aromatic rings. The van der Waals surface area contributed by atoms with Crippen LogP contribution in [0.25, 0.3) is 0 Å². The van der Waals surface area contributed by atoms with Crippen LogP contribution < -0.4 is 15.2 Å². The topological polar surface area (TPSA) is 83.2 Å². The fourth-order valence-corrected chi connectivity index (χ4v) is 0.911. The summed E-state index contributed by atoms with van der Waals surface area (Å²) in [4.78, 5) is 11.7. The van der Waals surface area contributed by atoms with Crippen LogP contribution in [0.3, 0.4) is 0 Å². The van der Waals surface area contributed by atoms with Crippen molar-refractivity contribution in [2.75, 3.05) is 12.3 Å². The first-order valence-corrected chi connectivity index (χ1v) is 5.30. The van der Waals surface area contributed by atoms with Crippen molar-refractivity contribution in [3.63, 3.8) is 0 Å². The molecule has 0 saturated carbocycles. The van der Waals surface area contributed by atoms with E-state index in [9.17, 15) is 0 Å². The van der Waals surface area contributed by atoms with Crippen molar-refractivity contribution in [2.24, 2.45) is 0 Å². The summed E-state index contributed by atoms with van der Waals surface area (Å²) >= 11 is 0. The molecule has 6 nitrogen and oxygen atoms in total. The molecule has 0 bridgehead atoms. The Balaban J connectivity index is 2.87. The predicted molar refractivity (Wildman–Crippen MR) is 60.4 cm³/mol. The van der Waals surface area contributed by atoms with Gasteiger partial charge in [-0.3, -0.25) is 0 Å². The highest BCUT2D eigenvalue weighted by atomic mass is 16.5. The molecule has 16 heavy (non-hydrogen) atoms. The Morgan fingerprint density at radius 3 is 2.31 bits per heavy atom. The van der Waals surface area contributed by atoms with Gasteiger partial charge in [-0.15, -0.1) is 4.98 Å². The number of hydrogen-bond acceptors (Lipinski definition) is 6. The molecule has 0 aliphatic rings. The average Bonchev–Trinajstić information content (AvgIpc) is 2.16. The van der Waals surface area contributed by atoms with Gasteiger partial charge < -0.3 is 15.2 Å². The zero-order chi connectivity index (χ0) is 12.2. The number of nitrogens with zero attached hydrogens (tertiary/aromatic N) is 3. The number of aromatic nitrogens is 3. The molecule has 1 heterocycles. The second-order valence-corrected chi connectivity index (χ2v) is 3.91. The predicted octanol–water partition coefficient (Wildman–Crippen LogP) is 1.42. The molecule has 0 amide bonds. The highest BCUT2D eigenvalue weighted by Crippen LogP contribution is 2.19. The van der Waals surface area contributed by atoms with Gasteiger partial charge in [0.25, 0.3) is 0 Å². The van der Waals surface area contributed by atoms with Crippen LogP contribution in [-0.4, -0.2) is 27.2 Å². The van der Waals surface area contributed by atoms with Crippen molar-refractivity contribution >= 4 is 5.95 Å². The summed E-state index contributed by atoms with van der Waals surface area (Å²) in [5.74, 6) is 0.0975. The summed E-state index contributed by atoms with van der Waals surface area (Å²) in [5, 5.41) is 0.